The molecule has 0 spiro atoms. The first-order chi connectivity index (χ1) is 8.67. The van der Waals surface area contributed by atoms with E-state index in [1.54, 1.807) is 4.68 Å². The highest BCUT2D eigenvalue weighted by Gasteiger charge is 2.11. The van der Waals surface area contributed by atoms with E-state index in [0.29, 0.717) is 5.69 Å². The van der Waals surface area contributed by atoms with Crippen molar-refractivity contribution < 1.29 is 0 Å². The molecule has 0 N–H and O–H groups in total. The van der Waals surface area contributed by atoms with Gasteiger partial charge in [0.15, 0.2) is 5.69 Å². The molecule has 2 aromatic rings. The third-order valence-corrected chi connectivity index (χ3v) is 2.81. The summed E-state index contributed by atoms with van der Waals surface area (Å²) < 4.78 is 1.72. The summed E-state index contributed by atoms with van der Waals surface area (Å²) in [6, 6.07) is 10.0. The molecule has 0 fully saturated rings. The molecule has 18 heavy (non-hydrogen) atoms. The summed E-state index contributed by atoms with van der Waals surface area (Å²) in [7, 11) is 3.99. The highest BCUT2D eigenvalue weighted by Crippen LogP contribution is 2.17. The first-order valence-electron chi connectivity index (χ1n) is 5.79. The molecule has 0 bridgehead atoms. The zero-order valence-corrected chi connectivity index (χ0v) is 10.8. The Morgan fingerprint density at radius 2 is 1.94 bits per heavy atom. The summed E-state index contributed by atoms with van der Waals surface area (Å²) in [5.74, 6) is 0. The van der Waals surface area contributed by atoms with Crippen LogP contribution in [-0.2, 0) is 6.42 Å². The van der Waals surface area contributed by atoms with Crippen molar-refractivity contribution in [1.29, 1.82) is 5.26 Å². The second-order valence-electron chi connectivity index (χ2n) is 4.17. The topological polar surface area (TPSA) is 57.7 Å². The van der Waals surface area contributed by atoms with Crippen molar-refractivity contribution in [3.05, 3.63) is 35.7 Å². The van der Waals surface area contributed by atoms with E-state index in [1.807, 2.05) is 50.2 Å². The summed E-state index contributed by atoms with van der Waals surface area (Å²) in [5.41, 5.74) is 3.29. The minimum atomic E-state index is 0.397. The molecule has 0 radical (unpaired) electrons. The standard InChI is InChI=1S/C13H15N5/c1-4-13-12(9-14)15-16-18(13)11-7-5-10(6-8-11)17(2)3/h5-8H,4H2,1-3H3. The Hall–Kier alpha value is -2.35. The van der Waals surface area contributed by atoms with E-state index in [-0.39, 0.29) is 0 Å². The van der Waals surface area contributed by atoms with Crippen LogP contribution < -0.4 is 4.90 Å². The van der Waals surface area contributed by atoms with E-state index in [4.69, 9.17) is 5.26 Å². The molecule has 0 unspecified atom stereocenters. The van der Waals surface area contributed by atoms with Crippen molar-refractivity contribution in [1.82, 2.24) is 15.0 Å². The Balaban J connectivity index is 2.43. The maximum atomic E-state index is 8.95. The van der Waals surface area contributed by atoms with Crippen LogP contribution >= 0.6 is 0 Å². The number of benzene rings is 1. The van der Waals surface area contributed by atoms with Crippen molar-refractivity contribution >= 4 is 5.69 Å². The average Bonchev–Trinajstić information content (AvgIpc) is 2.81. The fraction of sp³-hybridized carbons (Fsp3) is 0.308. The fourth-order valence-electron chi connectivity index (χ4n) is 1.81. The molecule has 0 atom stereocenters. The quantitative estimate of drug-likeness (QED) is 0.821. The molecule has 5 nitrogen and oxygen atoms in total. The highest BCUT2D eigenvalue weighted by molar-refractivity contribution is 5.50. The summed E-state index contributed by atoms with van der Waals surface area (Å²) in [6.45, 7) is 1.99. The van der Waals surface area contributed by atoms with Crippen LogP contribution in [0.25, 0.3) is 5.69 Å². The van der Waals surface area contributed by atoms with Crippen LogP contribution in [0.5, 0.6) is 0 Å². The van der Waals surface area contributed by atoms with Crippen molar-refractivity contribution in [2.24, 2.45) is 0 Å². The molecule has 1 aromatic carbocycles. The number of hydrogen-bond acceptors (Lipinski definition) is 4. The molecule has 0 aliphatic carbocycles. The van der Waals surface area contributed by atoms with Gasteiger partial charge in [-0.25, -0.2) is 4.68 Å². The minimum Gasteiger partial charge on any atom is -0.378 e. The molecule has 1 aromatic heterocycles. The van der Waals surface area contributed by atoms with Gasteiger partial charge in [-0.3, -0.25) is 0 Å². The third-order valence-electron chi connectivity index (χ3n) is 2.81. The summed E-state index contributed by atoms with van der Waals surface area (Å²) in [5, 5.41) is 16.9. The van der Waals surface area contributed by atoms with Gasteiger partial charge in [0, 0.05) is 19.8 Å². The van der Waals surface area contributed by atoms with Crippen LogP contribution in [0.3, 0.4) is 0 Å². The molecular weight excluding hydrogens is 226 g/mol. The van der Waals surface area contributed by atoms with Gasteiger partial charge in [-0.05, 0) is 30.7 Å². The predicted octanol–water partition coefficient (Wildman–Crippen LogP) is 1.77. The van der Waals surface area contributed by atoms with Gasteiger partial charge >= 0.3 is 0 Å². The zero-order chi connectivity index (χ0) is 13.1. The van der Waals surface area contributed by atoms with E-state index >= 15 is 0 Å². The number of nitriles is 1. The number of anilines is 1. The maximum Gasteiger partial charge on any atom is 0.186 e. The summed E-state index contributed by atoms with van der Waals surface area (Å²) in [4.78, 5) is 2.03. The molecule has 1 heterocycles. The van der Waals surface area contributed by atoms with Crippen LogP contribution in [0.4, 0.5) is 5.69 Å². The molecular formula is C13H15N5. The Bertz CT molecular complexity index is 574. The average molecular weight is 241 g/mol. The van der Waals surface area contributed by atoms with Gasteiger partial charge in [0.05, 0.1) is 11.4 Å². The van der Waals surface area contributed by atoms with Gasteiger partial charge in [0.25, 0.3) is 0 Å². The maximum absolute atomic E-state index is 8.95. The lowest BCUT2D eigenvalue weighted by Crippen LogP contribution is -2.09. The Kier molecular flexibility index (Phi) is 3.28. The Morgan fingerprint density at radius 1 is 1.28 bits per heavy atom. The smallest absolute Gasteiger partial charge is 0.186 e. The van der Waals surface area contributed by atoms with E-state index in [9.17, 15) is 0 Å². The molecule has 0 amide bonds. The van der Waals surface area contributed by atoms with E-state index in [0.717, 1.165) is 23.5 Å². The lowest BCUT2D eigenvalue weighted by atomic mass is 10.2. The predicted molar refractivity (Wildman–Crippen MR) is 69.8 cm³/mol. The largest absolute Gasteiger partial charge is 0.378 e. The van der Waals surface area contributed by atoms with Crippen LogP contribution in [0.15, 0.2) is 24.3 Å². The number of hydrogen-bond donors (Lipinski definition) is 0. The van der Waals surface area contributed by atoms with E-state index < -0.39 is 0 Å². The van der Waals surface area contributed by atoms with Crippen LogP contribution in [-0.4, -0.2) is 29.1 Å². The zero-order valence-electron chi connectivity index (χ0n) is 10.8. The molecule has 5 heteroatoms. The fourth-order valence-corrected chi connectivity index (χ4v) is 1.81. The lowest BCUT2D eigenvalue weighted by Gasteiger charge is -2.13. The molecule has 0 saturated carbocycles. The molecule has 0 aliphatic heterocycles. The van der Waals surface area contributed by atoms with Gasteiger partial charge in [-0.2, -0.15) is 5.26 Å². The monoisotopic (exact) mass is 241 g/mol. The number of rotatable bonds is 3. The first kappa shape index (κ1) is 12.1. The molecule has 0 aliphatic rings. The Morgan fingerprint density at radius 3 is 2.44 bits per heavy atom. The summed E-state index contributed by atoms with van der Waals surface area (Å²) >= 11 is 0. The molecule has 92 valence electrons. The lowest BCUT2D eigenvalue weighted by molar-refractivity contribution is 0.767. The highest BCUT2D eigenvalue weighted by atomic mass is 15.4. The number of nitrogens with zero attached hydrogens (tertiary/aromatic N) is 5. The normalized spacial score (nSPS) is 10.1. The summed E-state index contributed by atoms with van der Waals surface area (Å²) in [6.07, 6.45) is 0.728. The van der Waals surface area contributed by atoms with Crippen LogP contribution in [0, 0.1) is 11.3 Å². The van der Waals surface area contributed by atoms with Crippen molar-refractivity contribution in [3.8, 4) is 11.8 Å². The van der Waals surface area contributed by atoms with Crippen molar-refractivity contribution in [2.45, 2.75) is 13.3 Å². The van der Waals surface area contributed by atoms with E-state index in [1.165, 1.54) is 0 Å². The van der Waals surface area contributed by atoms with Gasteiger partial charge < -0.3 is 4.90 Å². The minimum absolute atomic E-state index is 0.397. The second-order valence-corrected chi connectivity index (χ2v) is 4.17. The van der Waals surface area contributed by atoms with Gasteiger partial charge in [0.1, 0.15) is 6.07 Å². The molecule has 2 rings (SSSR count). The van der Waals surface area contributed by atoms with E-state index in [2.05, 4.69) is 16.4 Å². The van der Waals surface area contributed by atoms with Crippen molar-refractivity contribution in [3.63, 3.8) is 0 Å². The SMILES string of the molecule is CCc1c(C#N)nnn1-c1ccc(N(C)C)cc1. The van der Waals surface area contributed by atoms with Gasteiger partial charge in [-0.1, -0.05) is 12.1 Å². The molecule has 0 saturated heterocycles. The Labute approximate surface area is 106 Å². The number of aromatic nitrogens is 3. The van der Waals surface area contributed by atoms with Crippen LogP contribution in [0.2, 0.25) is 0 Å². The first-order valence-corrected chi connectivity index (χ1v) is 5.79. The second kappa shape index (κ2) is 4.88. The third kappa shape index (κ3) is 2.05. The van der Waals surface area contributed by atoms with Gasteiger partial charge in [-0.15, -0.1) is 5.10 Å². The van der Waals surface area contributed by atoms with Gasteiger partial charge in [0.2, 0.25) is 0 Å². The van der Waals surface area contributed by atoms with Crippen molar-refractivity contribution in [2.75, 3.05) is 19.0 Å². The van der Waals surface area contributed by atoms with Crippen LogP contribution in [0.1, 0.15) is 18.3 Å².